The molecule has 1 amide bonds. The number of halogens is 1. The van der Waals surface area contributed by atoms with Crippen LogP contribution in [0.4, 0.5) is 5.82 Å². The van der Waals surface area contributed by atoms with Gasteiger partial charge in [-0.2, -0.15) is 5.10 Å². The molecule has 3 heterocycles. The van der Waals surface area contributed by atoms with E-state index in [0.29, 0.717) is 28.1 Å². The monoisotopic (exact) mass is 455 g/mol. The Morgan fingerprint density at radius 1 is 1.16 bits per heavy atom. The summed E-state index contributed by atoms with van der Waals surface area (Å²) in [4.78, 5) is 29.2. The molecule has 0 aliphatic rings. The normalized spacial score (nSPS) is 10.9. The molecule has 0 bridgehead atoms. The lowest BCUT2D eigenvalue weighted by molar-refractivity contribution is -0.119. The lowest BCUT2D eigenvalue weighted by atomic mass is 10.2. The van der Waals surface area contributed by atoms with Gasteiger partial charge in [-0.15, -0.1) is 0 Å². The Balaban J connectivity index is 1.40. The van der Waals surface area contributed by atoms with Crippen molar-refractivity contribution in [3.63, 3.8) is 0 Å². The smallest absolute Gasteiger partial charge is 0.359 e. The Morgan fingerprint density at radius 3 is 2.77 bits per heavy atom. The van der Waals surface area contributed by atoms with Gasteiger partial charge < -0.3 is 10.1 Å². The number of carbonyl (C=O) groups is 2. The zero-order valence-corrected chi connectivity index (χ0v) is 18.1. The summed E-state index contributed by atoms with van der Waals surface area (Å²) < 4.78 is 8.60. The number of hydrogen-bond acceptors (Lipinski definition) is 6. The molecular weight excluding hydrogens is 438 g/mol. The molecular formula is C21H18ClN5O3S. The minimum Gasteiger partial charge on any atom is -0.451 e. The summed E-state index contributed by atoms with van der Waals surface area (Å²) in [6, 6.07) is 14.5. The second kappa shape index (κ2) is 9.23. The highest BCUT2D eigenvalue weighted by molar-refractivity contribution is 7.98. The fraction of sp³-hybridized carbons (Fsp3) is 0.143. The van der Waals surface area contributed by atoms with Gasteiger partial charge >= 0.3 is 5.97 Å². The van der Waals surface area contributed by atoms with Crippen LogP contribution in [-0.2, 0) is 16.1 Å². The summed E-state index contributed by atoms with van der Waals surface area (Å²) in [5.41, 5.74) is 1.66. The van der Waals surface area contributed by atoms with E-state index in [2.05, 4.69) is 15.4 Å². The highest BCUT2D eigenvalue weighted by Gasteiger charge is 2.19. The third-order valence-electron chi connectivity index (χ3n) is 4.49. The fourth-order valence-electron chi connectivity index (χ4n) is 3.04. The molecule has 158 valence electrons. The number of anilines is 1. The van der Waals surface area contributed by atoms with E-state index in [9.17, 15) is 9.59 Å². The van der Waals surface area contributed by atoms with E-state index < -0.39 is 18.5 Å². The summed E-state index contributed by atoms with van der Waals surface area (Å²) >= 11 is 7.61. The molecule has 10 heteroatoms. The van der Waals surface area contributed by atoms with Crippen LogP contribution in [-0.4, -0.2) is 43.9 Å². The van der Waals surface area contributed by atoms with Crippen molar-refractivity contribution in [2.45, 2.75) is 11.7 Å². The van der Waals surface area contributed by atoms with Gasteiger partial charge in [-0.3, -0.25) is 9.20 Å². The van der Waals surface area contributed by atoms with Crippen molar-refractivity contribution < 1.29 is 14.3 Å². The Bertz CT molecular complexity index is 1250. The number of pyridine rings is 1. The molecule has 0 saturated carbocycles. The molecule has 3 aromatic heterocycles. The first kappa shape index (κ1) is 21.0. The number of benzene rings is 1. The quantitative estimate of drug-likeness (QED) is 0.337. The molecule has 8 nitrogen and oxygen atoms in total. The first-order chi connectivity index (χ1) is 15.1. The van der Waals surface area contributed by atoms with E-state index >= 15 is 0 Å². The van der Waals surface area contributed by atoms with Crippen LogP contribution in [0.3, 0.4) is 0 Å². The number of aromatic nitrogens is 4. The summed E-state index contributed by atoms with van der Waals surface area (Å²) in [5, 5.41) is 8.19. The SMILES string of the molecule is CSc1nc(C(=O)OCC(=O)Nc2ccnn2Cc2ccccc2Cl)c2ccccn12. The first-order valence-corrected chi connectivity index (χ1v) is 10.9. The zero-order valence-electron chi connectivity index (χ0n) is 16.5. The van der Waals surface area contributed by atoms with Gasteiger partial charge in [-0.25, -0.2) is 14.5 Å². The molecule has 4 aromatic rings. The topological polar surface area (TPSA) is 90.5 Å². The lowest BCUT2D eigenvalue weighted by Gasteiger charge is -2.10. The van der Waals surface area contributed by atoms with Crippen LogP contribution in [0.1, 0.15) is 16.1 Å². The summed E-state index contributed by atoms with van der Waals surface area (Å²) in [6.07, 6.45) is 5.26. The third-order valence-corrected chi connectivity index (χ3v) is 5.51. The molecule has 0 spiro atoms. The molecule has 31 heavy (non-hydrogen) atoms. The van der Waals surface area contributed by atoms with Crippen LogP contribution in [0, 0.1) is 0 Å². The number of nitrogens with zero attached hydrogens (tertiary/aromatic N) is 4. The molecule has 0 aliphatic carbocycles. The van der Waals surface area contributed by atoms with Crippen LogP contribution in [0.25, 0.3) is 5.52 Å². The van der Waals surface area contributed by atoms with Crippen molar-refractivity contribution >= 4 is 46.6 Å². The van der Waals surface area contributed by atoms with E-state index in [-0.39, 0.29) is 5.69 Å². The predicted octanol–water partition coefficient (Wildman–Crippen LogP) is 3.75. The van der Waals surface area contributed by atoms with Gasteiger partial charge in [0.1, 0.15) is 5.82 Å². The number of nitrogens with one attached hydrogen (secondary N) is 1. The number of esters is 1. The molecule has 0 fully saturated rings. The third kappa shape index (κ3) is 4.57. The predicted molar refractivity (Wildman–Crippen MR) is 119 cm³/mol. The van der Waals surface area contributed by atoms with Gasteiger partial charge in [-0.05, 0) is 30.0 Å². The average Bonchev–Trinajstić information content (AvgIpc) is 3.38. The number of imidazole rings is 1. The van der Waals surface area contributed by atoms with Crippen molar-refractivity contribution in [3.8, 4) is 0 Å². The Hall–Kier alpha value is -3.30. The molecule has 0 aliphatic heterocycles. The van der Waals surface area contributed by atoms with Gasteiger partial charge in [0, 0.05) is 17.3 Å². The average molecular weight is 456 g/mol. The highest BCUT2D eigenvalue weighted by atomic mass is 35.5. The Morgan fingerprint density at radius 2 is 1.97 bits per heavy atom. The molecule has 4 rings (SSSR count). The number of rotatable bonds is 7. The number of hydrogen-bond donors (Lipinski definition) is 1. The number of carbonyl (C=O) groups excluding carboxylic acids is 2. The summed E-state index contributed by atoms with van der Waals surface area (Å²) in [5.74, 6) is -0.676. The van der Waals surface area contributed by atoms with Gasteiger partial charge in [0.25, 0.3) is 5.91 Å². The highest BCUT2D eigenvalue weighted by Crippen LogP contribution is 2.21. The Labute approximate surface area is 187 Å². The molecule has 1 N–H and O–H groups in total. The van der Waals surface area contributed by atoms with E-state index in [1.54, 1.807) is 33.5 Å². The van der Waals surface area contributed by atoms with Crippen molar-refractivity contribution in [3.05, 3.63) is 77.2 Å². The van der Waals surface area contributed by atoms with Crippen LogP contribution < -0.4 is 5.32 Å². The number of ether oxygens (including phenoxy) is 1. The second-order valence-electron chi connectivity index (χ2n) is 6.49. The van der Waals surface area contributed by atoms with E-state index in [4.69, 9.17) is 16.3 Å². The maximum absolute atomic E-state index is 12.5. The lowest BCUT2D eigenvalue weighted by Crippen LogP contribution is -2.23. The molecule has 0 unspecified atom stereocenters. The van der Waals surface area contributed by atoms with E-state index in [1.807, 2.05) is 42.8 Å². The zero-order chi connectivity index (χ0) is 21.8. The minimum atomic E-state index is -0.663. The van der Waals surface area contributed by atoms with Crippen LogP contribution in [0.5, 0.6) is 0 Å². The maximum atomic E-state index is 12.5. The standard InChI is InChI=1S/C21H18ClN5O3S/c1-31-21-25-19(16-8-4-5-11-26(16)21)20(29)30-13-18(28)24-17-9-10-23-27(17)12-14-6-2-3-7-15(14)22/h2-11H,12-13H2,1H3,(H,24,28). The number of fused-ring (bicyclic) bond motifs is 1. The second-order valence-corrected chi connectivity index (χ2v) is 7.67. The molecule has 0 atom stereocenters. The maximum Gasteiger partial charge on any atom is 0.359 e. The van der Waals surface area contributed by atoms with Gasteiger partial charge in [0.15, 0.2) is 17.5 Å². The van der Waals surface area contributed by atoms with Gasteiger partial charge in [-0.1, -0.05) is 47.6 Å². The minimum absolute atomic E-state index is 0.168. The summed E-state index contributed by atoms with van der Waals surface area (Å²) in [6.45, 7) is -0.0588. The molecule has 1 aromatic carbocycles. The summed E-state index contributed by atoms with van der Waals surface area (Å²) in [7, 11) is 0. The molecule has 0 radical (unpaired) electrons. The van der Waals surface area contributed by atoms with Crippen molar-refractivity contribution in [2.24, 2.45) is 0 Å². The first-order valence-electron chi connectivity index (χ1n) is 9.30. The number of thioether (sulfide) groups is 1. The largest absolute Gasteiger partial charge is 0.451 e. The van der Waals surface area contributed by atoms with Crippen molar-refractivity contribution in [2.75, 3.05) is 18.2 Å². The Kier molecular flexibility index (Phi) is 6.24. The van der Waals surface area contributed by atoms with E-state index in [1.165, 1.54) is 11.8 Å². The molecule has 0 saturated heterocycles. The number of amides is 1. The van der Waals surface area contributed by atoms with Crippen molar-refractivity contribution in [1.29, 1.82) is 0 Å². The van der Waals surface area contributed by atoms with Crippen LogP contribution in [0.15, 0.2) is 66.1 Å². The van der Waals surface area contributed by atoms with Gasteiger partial charge in [0.05, 0.1) is 18.3 Å². The van der Waals surface area contributed by atoms with Crippen molar-refractivity contribution in [1.82, 2.24) is 19.2 Å². The van der Waals surface area contributed by atoms with Gasteiger partial charge in [0.2, 0.25) is 0 Å². The van der Waals surface area contributed by atoms with Crippen LogP contribution in [0.2, 0.25) is 5.02 Å². The van der Waals surface area contributed by atoms with Crippen LogP contribution >= 0.6 is 23.4 Å². The van der Waals surface area contributed by atoms with E-state index in [0.717, 1.165) is 5.56 Å². The fourth-order valence-corrected chi connectivity index (χ4v) is 3.77.